The minimum absolute atomic E-state index is 0.0312. The van der Waals surface area contributed by atoms with Gasteiger partial charge in [0.15, 0.2) is 5.82 Å². The Hall–Kier alpha value is -2.25. The van der Waals surface area contributed by atoms with Crippen LogP contribution in [0.2, 0.25) is 0 Å². The summed E-state index contributed by atoms with van der Waals surface area (Å²) in [5.74, 6) is 0.593. The molecule has 0 saturated carbocycles. The van der Waals surface area contributed by atoms with Gasteiger partial charge in [-0.2, -0.15) is 0 Å². The van der Waals surface area contributed by atoms with Gasteiger partial charge in [0.1, 0.15) is 17.2 Å². The molecule has 0 amide bonds. The molecule has 1 aromatic carbocycles. The van der Waals surface area contributed by atoms with E-state index in [9.17, 15) is 9.18 Å². The van der Waals surface area contributed by atoms with E-state index < -0.39 is 0 Å². The molecule has 0 spiro atoms. The second-order valence-corrected chi connectivity index (χ2v) is 8.88. The van der Waals surface area contributed by atoms with Crippen molar-refractivity contribution >= 4 is 27.2 Å². The molecule has 3 heterocycles. The van der Waals surface area contributed by atoms with Gasteiger partial charge >= 0.3 is 0 Å². The van der Waals surface area contributed by atoms with Gasteiger partial charge in [0.2, 0.25) is 0 Å². The Balaban J connectivity index is 1.30. The molecule has 1 saturated heterocycles. The summed E-state index contributed by atoms with van der Waals surface area (Å²) in [7, 11) is 0. The third kappa shape index (κ3) is 3.33. The van der Waals surface area contributed by atoms with Crippen LogP contribution in [0.25, 0.3) is 10.2 Å². The van der Waals surface area contributed by atoms with Crippen LogP contribution in [0.15, 0.2) is 29.1 Å². The van der Waals surface area contributed by atoms with Gasteiger partial charge in [-0.15, -0.1) is 11.3 Å². The lowest BCUT2D eigenvalue weighted by molar-refractivity contribution is -0.915. The van der Waals surface area contributed by atoms with Gasteiger partial charge in [0.25, 0.3) is 5.56 Å². The number of fused-ring (bicyclic) bond motifs is 3. The molecule has 2 N–H and O–H groups in total. The van der Waals surface area contributed by atoms with Crippen molar-refractivity contribution in [3.05, 3.63) is 56.7 Å². The van der Waals surface area contributed by atoms with Gasteiger partial charge < -0.3 is 14.8 Å². The number of anilines is 1. The van der Waals surface area contributed by atoms with E-state index in [4.69, 9.17) is 4.98 Å². The summed E-state index contributed by atoms with van der Waals surface area (Å²) in [6, 6.07) is 6.70. The molecular formula is C21H24FN4OS+. The topological polar surface area (TPSA) is 53.4 Å². The van der Waals surface area contributed by atoms with E-state index in [1.54, 1.807) is 11.3 Å². The quantitative estimate of drug-likeness (QED) is 0.708. The van der Waals surface area contributed by atoms with Crippen LogP contribution in [0.1, 0.15) is 29.1 Å². The summed E-state index contributed by atoms with van der Waals surface area (Å²) in [6.07, 6.45) is 4.48. The minimum atomic E-state index is -0.200. The molecule has 5 rings (SSSR count). The van der Waals surface area contributed by atoms with Crippen LogP contribution in [-0.4, -0.2) is 36.1 Å². The van der Waals surface area contributed by atoms with Crippen molar-refractivity contribution in [1.29, 1.82) is 0 Å². The SMILES string of the molecule is O=c1[nH]c(C[NH+]2CCN(c3ccc(F)cc3)CC2)nc2sc3c(c12)CCCC3. The Bertz CT molecular complexity index is 1050. The fourth-order valence-electron chi connectivity index (χ4n) is 4.44. The summed E-state index contributed by atoms with van der Waals surface area (Å²) in [5.41, 5.74) is 2.34. The second kappa shape index (κ2) is 7.29. The predicted molar refractivity (Wildman–Crippen MR) is 110 cm³/mol. The van der Waals surface area contributed by atoms with E-state index in [1.807, 2.05) is 12.1 Å². The van der Waals surface area contributed by atoms with E-state index in [0.29, 0.717) is 0 Å². The zero-order valence-electron chi connectivity index (χ0n) is 15.8. The van der Waals surface area contributed by atoms with Crippen LogP contribution in [0.4, 0.5) is 10.1 Å². The number of nitrogens with one attached hydrogen (secondary N) is 2. The first-order valence-electron chi connectivity index (χ1n) is 10.0. The van der Waals surface area contributed by atoms with Gasteiger partial charge in [-0.1, -0.05) is 0 Å². The number of thiophene rings is 1. The molecular weight excluding hydrogens is 375 g/mol. The maximum absolute atomic E-state index is 13.1. The Morgan fingerprint density at radius 3 is 2.68 bits per heavy atom. The lowest BCUT2D eigenvalue weighted by Crippen LogP contribution is -3.13. The molecule has 1 aliphatic heterocycles. The Morgan fingerprint density at radius 1 is 1.14 bits per heavy atom. The van der Waals surface area contributed by atoms with E-state index in [1.165, 1.54) is 40.3 Å². The van der Waals surface area contributed by atoms with Crippen molar-refractivity contribution in [3.8, 4) is 0 Å². The number of piperazine rings is 1. The molecule has 5 nitrogen and oxygen atoms in total. The van der Waals surface area contributed by atoms with Crippen molar-refractivity contribution in [2.75, 3.05) is 31.1 Å². The molecule has 2 aromatic heterocycles. The highest BCUT2D eigenvalue weighted by Crippen LogP contribution is 2.33. The van der Waals surface area contributed by atoms with E-state index >= 15 is 0 Å². The molecule has 28 heavy (non-hydrogen) atoms. The number of hydrogen-bond donors (Lipinski definition) is 2. The van der Waals surface area contributed by atoms with Crippen molar-refractivity contribution < 1.29 is 9.29 Å². The third-order valence-electron chi connectivity index (χ3n) is 5.95. The second-order valence-electron chi connectivity index (χ2n) is 7.79. The maximum Gasteiger partial charge on any atom is 0.260 e. The average Bonchev–Trinajstić information content (AvgIpc) is 3.08. The maximum atomic E-state index is 13.1. The normalized spacial score (nSPS) is 17.8. The number of nitrogens with zero attached hydrogens (tertiary/aromatic N) is 2. The first-order chi connectivity index (χ1) is 13.7. The molecule has 0 bridgehead atoms. The van der Waals surface area contributed by atoms with Crippen LogP contribution in [0.5, 0.6) is 0 Å². The number of H-pyrrole nitrogens is 1. The summed E-state index contributed by atoms with van der Waals surface area (Å²) in [4.78, 5) is 26.5. The number of rotatable bonds is 3. The number of benzene rings is 1. The van der Waals surface area contributed by atoms with Crippen LogP contribution in [0, 0.1) is 5.82 Å². The fraction of sp³-hybridized carbons (Fsp3) is 0.429. The summed E-state index contributed by atoms with van der Waals surface area (Å²) in [6.45, 7) is 4.52. The standard InChI is InChI=1S/C21H23FN4OS/c22-14-5-7-15(8-6-14)26-11-9-25(10-12-26)13-18-23-20(27)19-16-3-1-2-4-17(16)28-21(19)24-18/h5-8H,1-4,9-13H2,(H,23,24,27)/p+1. The van der Waals surface area contributed by atoms with Crippen LogP contribution in [0.3, 0.4) is 0 Å². The molecule has 146 valence electrons. The molecule has 1 fully saturated rings. The molecule has 2 aliphatic rings. The predicted octanol–water partition coefficient (Wildman–Crippen LogP) is 1.91. The van der Waals surface area contributed by atoms with E-state index in [2.05, 4.69) is 9.88 Å². The fourth-order valence-corrected chi connectivity index (χ4v) is 5.72. The van der Waals surface area contributed by atoms with E-state index in [0.717, 1.165) is 67.3 Å². The first-order valence-corrected chi connectivity index (χ1v) is 10.9. The highest BCUT2D eigenvalue weighted by atomic mass is 32.1. The summed E-state index contributed by atoms with van der Waals surface area (Å²) >= 11 is 1.71. The van der Waals surface area contributed by atoms with Gasteiger partial charge in [-0.3, -0.25) is 4.79 Å². The van der Waals surface area contributed by atoms with Gasteiger partial charge in [-0.05, 0) is 55.5 Å². The lowest BCUT2D eigenvalue weighted by Gasteiger charge is -2.33. The summed E-state index contributed by atoms with van der Waals surface area (Å²) < 4.78 is 13.1. The zero-order valence-corrected chi connectivity index (χ0v) is 16.6. The molecule has 0 radical (unpaired) electrons. The zero-order chi connectivity index (χ0) is 19.1. The molecule has 1 aliphatic carbocycles. The van der Waals surface area contributed by atoms with E-state index in [-0.39, 0.29) is 11.4 Å². The number of aromatic amines is 1. The number of aromatic nitrogens is 2. The molecule has 0 unspecified atom stereocenters. The number of halogens is 1. The van der Waals surface area contributed by atoms with Gasteiger partial charge in [-0.25, -0.2) is 9.37 Å². The van der Waals surface area contributed by atoms with Crippen molar-refractivity contribution in [2.24, 2.45) is 0 Å². The molecule has 3 aromatic rings. The number of quaternary nitrogens is 1. The smallest absolute Gasteiger partial charge is 0.260 e. The summed E-state index contributed by atoms with van der Waals surface area (Å²) in [5, 5.41) is 0.833. The Kier molecular flexibility index (Phi) is 4.64. The van der Waals surface area contributed by atoms with Crippen LogP contribution < -0.4 is 15.4 Å². The van der Waals surface area contributed by atoms with Gasteiger partial charge in [0.05, 0.1) is 31.6 Å². The Labute approximate surface area is 166 Å². The largest absolute Gasteiger partial charge is 0.360 e. The first kappa shape index (κ1) is 17.8. The van der Waals surface area contributed by atoms with Crippen molar-refractivity contribution in [3.63, 3.8) is 0 Å². The molecule has 7 heteroatoms. The lowest BCUT2D eigenvalue weighted by atomic mass is 9.97. The third-order valence-corrected chi connectivity index (χ3v) is 7.14. The van der Waals surface area contributed by atoms with Crippen LogP contribution in [-0.2, 0) is 19.4 Å². The number of aryl methyl sites for hydroxylation is 2. The molecule has 0 atom stereocenters. The van der Waals surface area contributed by atoms with Crippen molar-refractivity contribution in [1.82, 2.24) is 9.97 Å². The van der Waals surface area contributed by atoms with Crippen LogP contribution >= 0.6 is 11.3 Å². The average molecular weight is 400 g/mol. The van der Waals surface area contributed by atoms with Crippen molar-refractivity contribution in [2.45, 2.75) is 32.2 Å². The highest BCUT2D eigenvalue weighted by molar-refractivity contribution is 7.18. The minimum Gasteiger partial charge on any atom is -0.360 e. The Morgan fingerprint density at radius 2 is 1.89 bits per heavy atom. The van der Waals surface area contributed by atoms with Gasteiger partial charge in [0, 0.05) is 10.6 Å². The monoisotopic (exact) mass is 399 g/mol. The number of hydrogen-bond acceptors (Lipinski definition) is 4. The highest BCUT2D eigenvalue weighted by Gasteiger charge is 2.23.